The average Bonchev–Trinajstić information content (AvgIpc) is 2.12. The lowest BCUT2D eigenvalue weighted by Gasteiger charge is -2.16. The molecule has 4 nitrogen and oxygen atoms in total. The van der Waals surface area contributed by atoms with Crippen molar-refractivity contribution in [1.82, 2.24) is 5.32 Å². The molecule has 0 aliphatic rings. The molecule has 0 aromatic rings. The summed E-state index contributed by atoms with van der Waals surface area (Å²) in [6, 6.07) is 1.94. The molecule has 0 aliphatic heterocycles. The van der Waals surface area contributed by atoms with Gasteiger partial charge >= 0.3 is 0 Å². The number of methoxy groups -OCH3 is 2. The van der Waals surface area contributed by atoms with E-state index >= 15 is 0 Å². The van der Waals surface area contributed by atoms with Gasteiger partial charge in [-0.05, 0) is 6.54 Å². The highest BCUT2D eigenvalue weighted by Crippen LogP contribution is 2.01. The van der Waals surface area contributed by atoms with E-state index < -0.39 is 0 Å². The van der Waals surface area contributed by atoms with Crippen LogP contribution in [0.25, 0.3) is 0 Å². The second-order valence-electron chi connectivity index (χ2n) is 2.38. The van der Waals surface area contributed by atoms with Gasteiger partial charge in [-0.1, -0.05) is 6.92 Å². The predicted molar refractivity (Wildman–Crippen MR) is 45.5 cm³/mol. The van der Waals surface area contributed by atoms with Crippen LogP contribution in [0.2, 0.25) is 0 Å². The van der Waals surface area contributed by atoms with E-state index in [1.54, 1.807) is 14.2 Å². The van der Waals surface area contributed by atoms with Gasteiger partial charge in [0.15, 0.2) is 6.29 Å². The van der Waals surface area contributed by atoms with E-state index in [4.69, 9.17) is 14.7 Å². The van der Waals surface area contributed by atoms with Gasteiger partial charge in [0, 0.05) is 20.6 Å². The SMILES string of the molecule is CCNC(C#N)CC(OC)OC. The van der Waals surface area contributed by atoms with E-state index in [9.17, 15) is 0 Å². The lowest BCUT2D eigenvalue weighted by molar-refractivity contribution is -0.108. The van der Waals surface area contributed by atoms with Gasteiger partial charge in [0.1, 0.15) is 6.04 Å². The second kappa shape index (κ2) is 7.04. The zero-order chi connectivity index (χ0) is 9.40. The summed E-state index contributed by atoms with van der Waals surface area (Å²) in [5.41, 5.74) is 0. The molecule has 0 aromatic carbocycles. The molecule has 4 heteroatoms. The Balaban J connectivity index is 3.76. The molecular formula is C8H16N2O2. The highest BCUT2D eigenvalue weighted by Gasteiger charge is 2.13. The Bertz CT molecular complexity index is 140. The largest absolute Gasteiger partial charge is 0.356 e. The van der Waals surface area contributed by atoms with Crippen LogP contribution in [-0.2, 0) is 9.47 Å². The van der Waals surface area contributed by atoms with Crippen molar-refractivity contribution in [2.24, 2.45) is 0 Å². The zero-order valence-electron chi connectivity index (χ0n) is 7.83. The molecule has 0 spiro atoms. The minimum Gasteiger partial charge on any atom is -0.356 e. The number of nitrogens with one attached hydrogen (secondary N) is 1. The highest BCUT2D eigenvalue weighted by molar-refractivity contribution is 4.89. The molecule has 12 heavy (non-hydrogen) atoms. The number of nitriles is 1. The average molecular weight is 172 g/mol. The van der Waals surface area contributed by atoms with Gasteiger partial charge in [-0.3, -0.25) is 0 Å². The summed E-state index contributed by atoms with van der Waals surface area (Å²) in [5.74, 6) is 0. The molecule has 0 saturated heterocycles. The van der Waals surface area contributed by atoms with Crippen LogP contribution in [0.1, 0.15) is 13.3 Å². The van der Waals surface area contributed by atoms with Crippen LogP contribution < -0.4 is 5.32 Å². The van der Waals surface area contributed by atoms with Crippen LogP contribution >= 0.6 is 0 Å². The molecule has 0 saturated carbocycles. The Labute approximate surface area is 73.5 Å². The summed E-state index contributed by atoms with van der Waals surface area (Å²) in [5, 5.41) is 11.7. The molecule has 0 aromatic heterocycles. The van der Waals surface area contributed by atoms with E-state index in [1.165, 1.54) is 0 Å². The number of hydrogen-bond donors (Lipinski definition) is 1. The molecule has 0 rings (SSSR count). The van der Waals surface area contributed by atoms with Crippen molar-refractivity contribution in [2.45, 2.75) is 25.7 Å². The van der Waals surface area contributed by atoms with Crippen molar-refractivity contribution < 1.29 is 9.47 Å². The highest BCUT2D eigenvalue weighted by atomic mass is 16.7. The van der Waals surface area contributed by atoms with Crippen LogP contribution in [0.4, 0.5) is 0 Å². The first-order chi connectivity index (χ1) is 5.78. The molecule has 0 bridgehead atoms. The fraction of sp³-hybridized carbons (Fsp3) is 0.875. The van der Waals surface area contributed by atoms with Crippen molar-refractivity contribution in [3.05, 3.63) is 0 Å². The maximum atomic E-state index is 8.67. The minimum atomic E-state index is -0.298. The molecule has 0 heterocycles. The smallest absolute Gasteiger partial charge is 0.159 e. The normalized spacial score (nSPS) is 12.9. The first-order valence-electron chi connectivity index (χ1n) is 3.97. The van der Waals surface area contributed by atoms with Crippen LogP contribution in [0.15, 0.2) is 0 Å². The molecular weight excluding hydrogens is 156 g/mol. The molecule has 0 fully saturated rings. The number of nitrogens with zero attached hydrogens (tertiary/aromatic N) is 1. The summed E-state index contributed by atoms with van der Waals surface area (Å²) >= 11 is 0. The Morgan fingerprint density at radius 2 is 2.00 bits per heavy atom. The monoisotopic (exact) mass is 172 g/mol. The quantitative estimate of drug-likeness (QED) is 0.593. The first-order valence-corrected chi connectivity index (χ1v) is 3.97. The van der Waals surface area contributed by atoms with Gasteiger partial charge < -0.3 is 14.8 Å². The van der Waals surface area contributed by atoms with E-state index in [1.807, 2.05) is 6.92 Å². The molecule has 0 radical (unpaired) electrons. The van der Waals surface area contributed by atoms with Crippen molar-refractivity contribution in [2.75, 3.05) is 20.8 Å². The third kappa shape index (κ3) is 4.29. The maximum absolute atomic E-state index is 8.67. The van der Waals surface area contributed by atoms with Crippen molar-refractivity contribution in [3.8, 4) is 6.07 Å². The standard InChI is InChI=1S/C8H16N2O2/c1-4-10-7(6-9)5-8(11-2)12-3/h7-8,10H,4-5H2,1-3H3. The topological polar surface area (TPSA) is 54.3 Å². The van der Waals surface area contributed by atoms with E-state index in [0.29, 0.717) is 6.42 Å². The lowest BCUT2D eigenvalue weighted by atomic mass is 10.2. The van der Waals surface area contributed by atoms with E-state index in [2.05, 4.69) is 11.4 Å². The molecule has 1 unspecified atom stereocenters. The Hall–Kier alpha value is -0.630. The lowest BCUT2D eigenvalue weighted by Crippen LogP contribution is -2.32. The molecule has 0 aliphatic carbocycles. The van der Waals surface area contributed by atoms with Crippen molar-refractivity contribution >= 4 is 0 Å². The van der Waals surface area contributed by atoms with Crippen LogP contribution in [0, 0.1) is 11.3 Å². The fourth-order valence-electron chi connectivity index (χ4n) is 0.909. The van der Waals surface area contributed by atoms with Gasteiger partial charge in [0.25, 0.3) is 0 Å². The Morgan fingerprint density at radius 3 is 2.33 bits per heavy atom. The van der Waals surface area contributed by atoms with E-state index in [-0.39, 0.29) is 12.3 Å². The molecule has 70 valence electrons. The van der Waals surface area contributed by atoms with Gasteiger partial charge in [-0.25, -0.2) is 0 Å². The number of ether oxygens (including phenoxy) is 2. The van der Waals surface area contributed by atoms with Crippen molar-refractivity contribution in [3.63, 3.8) is 0 Å². The van der Waals surface area contributed by atoms with Crippen LogP contribution in [0.5, 0.6) is 0 Å². The summed E-state index contributed by atoms with van der Waals surface area (Å²) in [4.78, 5) is 0. The van der Waals surface area contributed by atoms with Crippen molar-refractivity contribution in [1.29, 1.82) is 5.26 Å². The number of rotatable bonds is 6. The zero-order valence-corrected chi connectivity index (χ0v) is 7.83. The third-order valence-corrected chi connectivity index (χ3v) is 1.56. The summed E-state index contributed by atoms with van der Waals surface area (Å²) in [6.45, 7) is 2.73. The second-order valence-corrected chi connectivity index (χ2v) is 2.38. The van der Waals surface area contributed by atoms with Crippen LogP contribution in [0.3, 0.4) is 0 Å². The summed E-state index contributed by atoms with van der Waals surface area (Å²) in [6.07, 6.45) is 0.255. The molecule has 1 N–H and O–H groups in total. The van der Waals surface area contributed by atoms with Gasteiger partial charge in [0.2, 0.25) is 0 Å². The third-order valence-electron chi connectivity index (χ3n) is 1.56. The minimum absolute atomic E-state index is 0.195. The Morgan fingerprint density at radius 1 is 1.42 bits per heavy atom. The molecule has 0 amide bonds. The maximum Gasteiger partial charge on any atom is 0.159 e. The van der Waals surface area contributed by atoms with E-state index in [0.717, 1.165) is 6.54 Å². The molecule has 1 atom stereocenters. The van der Waals surface area contributed by atoms with Gasteiger partial charge in [-0.15, -0.1) is 0 Å². The summed E-state index contributed by atoms with van der Waals surface area (Å²) in [7, 11) is 3.13. The summed E-state index contributed by atoms with van der Waals surface area (Å²) < 4.78 is 9.93. The number of hydrogen-bond acceptors (Lipinski definition) is 4. The predicted octanol–water partition coefficient (Wildman–Crippen LogP) is 0.497. The Kier molecular flexibility index (Phi) is 6.67. The van der Waals surface area contributed by atoms with Gasteiger partial charge in [0.05, 0.1) is 6.07 Å². The first kappa shape index (κ1) is 11.4. The van der Waals surface area contributed by atoms with Gasteiger partial charge in [-0.2, -0.15) is 5.26 Å². The fourth-order valence-corrected chi connectivity index (χ4v) is 0.909. The van der Waals surface area contributed by atoms with Crippen LogP contribution in [-0.4, -0.2) is 33.1 Å².